The second-order valence-electron chi connectivity index (χ2n) is 5.06. The van der Waals surface area contributed by atoms with Gasteiger partial charge in [-0.15, -0.1) is 11.3 Å². The molecule has 3 rings (SSSR count). The standard InChI is InChI=1S/C17H14N2O2S/c1-11-6-7-12(21-11)8-9-15(20)13(10-18)17-19-14-4-2-3-5-16(14)22-17/h2-7,13H,8-9H2,1H3/t13-/m1/s1. The van der Waals surface area contributed by atoms with Crippen LogP contribution in [0.1, 0.15) is 28.9 Å². The molecule has 0 fully saturated rings. The van der Waals surface area contributed by atoms with Crippen molar-refractivity contribution in [1.29, 1.82) is 5.26 Å². The van der Waals surface area contributed by atoms with Crippen molar-refractivity contribution in [2.75, 3.05) is 0 Å². The van der Waals surface area contributed by atoms with E-state index < -0.39 is 5.92 Å². The van der Waals surface area contributed by atoms with E-state index >= 15 is 0 Å². The molecule has 2 heterocycles. The predicted molar refractivity (Wildman–Crippen MR) is 84.7 cm³/mol. The molecule has 5 heteroatoms. The molecule has 4 nitrogen and oxygen atoms in total. The van der Waals surface area contributed by atoms with Crippen molar-refractivity contribution in [2.24, 2.45) is 0 Å². The van der Waals surface area contributed by atoms with Crippen molar-refractivity contribution < 1.29 is 9.21 Å². The first-order valence-electron chi connectivity index (χ1n) is 7.00. The van der Waals surface area contributed by atoms with Gasteiger partial charge in [-0.3, -0.25) is 4.79 Å². The largest absolute Gasteiger partial charge is 0.466 e. The number of nitriles is 1. The van der Waals surface area contributed by atoms with Gasteiger partial charge in [0, 0.05) is 12.8 Å². The van der Waals surface area contributed by atoms with Crippen LogP contribution in [-0.4, -0.2) is 10.8 Å². The number of furan rings is 1. The predicted octanol–water partition coefficient (Wildman–Crippen LogP) is 4.01. The SMILES string of the molecule is Cc1ccc(CCC(=O)[C@@H](C#N)c2nc3ccccc3s2)o1. The van der Waals surface area contributed by atoms with E-state index in [4.69, 9.17) is 4.42 Å². The van der Waals surface area contributed by atoms with Gasteiger partial charge >= 0.3 is 0 Å². The molecule has 1 aromatic carbocycles. The molecule has 0 unspecified atom stereocenters. The molecule has 0 N–H and O–H groups in total. The number of fused-ring (bicyclic) bond motifs is 1. The highest BCUT2D eigenvalue weighted by atomic mass is 32.1. The van der Waals surface area contributed by atoms with Gasteiger partial charge in [-0.2, -0.15) is 5.26 Å². The second kappa shape index (κ2) is 6.12. The lowest BCUT2D eigenvalue weighted by molar-refractivity contribution is -0.119. The van der Waals surface area contributed by atoms with Gasteiger partial charge in [0.15, 0.2) is 11.7 Å². The molecule has 1 atom stereocenters. The Labute approximate surface area is 132 Å². The minimum Gasteiger partial charge on any atom is -0.466 e. The summed E-state index contributed by atoms with van der Waals surface area (Å²) in [4.78, 5) is 16.7. The Hall–Kier alpha value is -2.45. The van der Waals surface area contributed by atoms with Gasteiger partial charge in [0.2, 0.25) is 0 Å². The number of benzene rings is 1. The van der Waals surface area contributed by atoms with E-state index in [0.717, 1.165) is 21.7 Å². The van der Waals surface area contributed by atoms with Gasteiger partial charge in [0.05, 0.1) is 16.3 Å². The molecular formula is C17H14N2O2S. The van der Waals surface area contributed by atoms with Crippen molar-refractivity contribution in [3.05, 3.63) is 52.9 Å². The summed E-state index contributed by atoms with van der Waals surface area (Å²) in [5, 5.41) is 9.92. The molecule has 0 aliphatic heterocycles. The van der Waals surface area contributed by atoms with Crippen LogP contribution in [0.4, 0.5) is 0 Å². The average Bonchev–Trinajstić information content (AvgIpc) is 3.11. The number of carbonyl (C=O) groups excluding carboxylic acids is 1. The maximum absolute atomic E-state index is 12.3. The van der Waals surface area contributed by atoms with Gasteiger partial charge in [-0.05, 0) is 31.2 Å². The van der Waals surface area contributed by atoms with E-state index in [1.54, 1.807) is 0 Å². The summed E-state index contributed by atoms with van der Waals surface area (Å²) in [7, 11) is 0. The Kier molecular flexibility index (Phi) is 4.03. The van der Waals surface area contributed by atoms with Crippen molar-refractivity contribution in [3.8, 4) is 6.07 Å². The lowest BCUT2D eigenvalue weighted by Gasteiger charge is -2.03. The zero-order valence-corrected chi connectivity index (χ0v) is 12.9. The van der Waals surface area contributed by atoms with Crippen LogP contribution in [-0.2, 0) is 11.2 Å². The van der Waals surface area contributed by atoms with Gasteiger partial charge in [-0.25, -0.2) is 4.98 Å². The highest BCUT2D eigenvalue weighted by Gasteiger charge is 2.23. The van der Waals surface area contributed by atoms with Crippen LogP contribution in [0.25, 0.3) is 10.2 Å². The molecule has 0 spiro atoms. The third-order valence-corrected chi connectivity index (χ3v) is 4.52. The number of aryl methyl sites for hydroxylation is 2. The summed E-state index contributed by atoms with van der Waals surface area (Å²) in [5.41, 5.74) is 0.831. The first kappa shape index (κ1) is 14.5. The first-order valence-corrected chi connectivity index (χ1v) is 7.82. The Balaban J connectivity index is 1.75. The Morgan fingerprint density at radius 2 is 2.18 bits per heavy atom. The summed E-state index contributed by atoms with van der Waals surface area (Å²) in [6.45, 7) is 1.87. The van der Waals surface area contributed by atoms with E-state index in [1.165, 1.54) is 11.3 Å². The molecule has 3 aromatic rings. The number of hydrogen-bond donors (Lipinski definition) is 0. The third kappa shape index (κ3) is 2.92. The molecule has 110 valence electrons. The number of nitrogens with zero attached hydrogens (tertiary/aromatic N) is 2. The molecule has 2 aromatic heterocycles. The number of thiazole rings is 1. The minimum absolute atomic E-state index is 0.115. The summed E-state index contributed by atoms with van der Waals surface area (Å²) in [6.07, 6.45) is 0.789. The smallest absolute Gasteiger partial charge is 0.157 e. The summed E-state index contributed by atoms with van der Waals surface area (Å²) < 4.78 is 6.45. The van der Waals surface area contributed by atoms with Crippen LogP contribution in [0, 0.1) is 18.3 Å². The van der Waals surface area contributed by atoms with Gasteiger partial charge in [0.1, 0.15) is 16.5 Å². The summed E-state index contributed by atoms with van der Waals surface area (Å²) >= 11 is 1.41. The normalized spacial score (nSPS) is 12.2. The number of Topliss-reactive ketones (excluding diaryl/α,β-unsaturated/α-hetero) is 1. The van der Waals surface area contributed by atoms with E-state index in [2.05, 4.69) is 11.1 Å². The maximum atomic E-state index is 12.3. The molecular weight excluding hydrogens is 296 g/mol. The highest BCUT2D eigenvalue weighted by Crippen LogP contribution is 2.28. The quantitative estimate of drug-likeness (QED) is 0.714. The Morgan fingerprint density at radius 1 is 1.36 bits per heavy atom. The van der Waals surface area contributed by atoms with E-state index in [0.29, 0.717) is 11.4 Å². The van der Waals surface area contributed by atoms with Crippen LogP contribution in [0.2, 0.25) is 0 Å². The van der Waals surface area contributed by atoms with Crippen LogP contribution >= 0.6 is 11.3 Å². The zero-order chi connectivity index (χ0) is 15.5. The lowest BCUT2D eigenvalue weighted by atomic mass is 10.0. The second-order valence-corrected chi connectivity index (χ2v) is 6.12. The molecule has 0 saturated heterocycles. The van der Waals surface area contributed by atoms with Crippen LogP contribution < -0.4 is 0 Å². The molecule has 0 aliphatic rings. The minimum atomic E-state index is -0.798. The van der Waals surface area contributed by atoms with Crippen molar-refractivity contribution in [3.63, 3.8) is 0 Å². The number of ketones is 1. The molecule has 0 saturated carbocycles. The van der Waals surface area contributed by atoms with Crippen LogP contribution in [0.5, 0.6) is 0 Å². The van der Waals surface area contributed by atoms with Crippen molar-refractivity contribution in [2.45, 2.75) is 25.7 Å². The van der Waals surface area contributed by atoms with Gasteiger partial charge in [0.25, 0.3) is 0 Å². The monoisotopic (exact) mass is 310 g/mol. The lowest BCUT2D eigenvalue weighted by Crippen LogP contribution is -2.11. The van der Waals surface area contributed by atoms with Crippen molar-refractivity contribution in [1.82, 2.24) is 4.98 Å². The highest BCUT2D eigenvalue weighted by molar-refractivity contribution is 7.18. The van der Waals surface area contributed by atoms with Gasteiger partial charge in [-0.1, -0.05) is 12.1 Å². The van der Waals surface area contributed by atoms with Gasteiger partial charge < -0.3 is 4.42 Å². The molecule has 0 aliphatic carbocycles. The van der Waals surface area contributed by atoms with E-state index in [-0.39, 0.29) is 12.2 Å². The van der Waals surface area contributed by atoms with Crippen LogP contribution in [0.3, 0.4) is 0 Å². The Morgan fingerprint density at radius 3 is 2.86 bits per heavy atom. The number of para-hydroxylation sites is 1. The fourth-order valence-electron chi connectivity index (χ4n) is 2.29. The fraction of sp³-hybridized carbons (Fsp3) is 0.235. The number of carbonyl (C=O) groups is 1. The number of hydrogen-bond acceptors (Lipinski definition) is 5. The summed E-state index contributed by atoms with van der Waals surface area (Å²) in [6, 6.07) is 13.5. The maximum Gasteiger partial charge on any atom is 0.157 e. The Bertz CT molecular complexity index is 824. The number of rotatable bonds is 5. The fourth-order valence-corrected chi connectivity index (χ4v) is 3.32. The van der Waals surface area contributed by atoms with E-state index in [9.17, 15) is 10.1 Å². The molecule has 22 heavy (non-hydrogen) atoms. The number of aromatic nitrogens is 1. The zero-order valence-electron chi connectivity index (χ0n) is 12.1. The third-order valence-electron chi connectivity index (χ3n) is 3.42. The van der Waals surface area contributed by atoms with Crippen molar-refractivity contribution >= 4 is 27.3 Å². The van der Waals surface area contributed by atoms with E-state index in [1.807, 2.05) is 43.3 Å². The molecule has 0 amide bonds. The summed E-state index contributed by atoms with van der Waals surface area (Å²) in [5.74, 6) is 0.682. The average molecular weight is 310 g/mol. The molecule has 0 radical (unpaired) electrons. The first-order chi connectivity index (χ1) is 10.7. The van der Waals surface area contributed by atoms with Crippen LogP contribution in [0.15, 0.2) is 40.8 Å². The topological polar surface area (TPSA) is 66.9 Å². The molecule has 0 bridgehead atoms.